The molecule has 2 aromatic rings. The number of hydrogen-bond acceptors (Lipinski definition) is 5. The zero-order valence-electron chi connectivity index (χ0n) is 11.5. The van der Waals surface area contributed by atoms with Gasteiger partial charge in [0.05, 0.1) is 12.5 Å². The van der Waals surface area contributed by atoms with Gasteiger partial charge in [0.1, 0.15) is 11.9 Å². The molecule has 0 radical (unpaired) electrons. The van der Waals surface area contributed by atoms with Crippen molar-refractivity contribution in [3.8, 4) is 6.07 Å². The molecule has 2 aromatic heterocycles. The van der Waals surface area contributed by atoms with Crippen LogP contribution in [0.25, 0.3) is 11.2 Å². The molecule has 1 atom stereocenters. The van der Waals surface area contributed by atoms with Crippen molar-refractivity contribution < 1.29 is 5.11 Å². The van der Waals surface area contributed by atoms with Crippen LogP contribution in [-0.2, 0) is 20.6 Å². The van der Waals surface area contributed by atoms with Gasteiger partial charge < -0.3 is 9.67 Å². The minimum absolute atomic E-state index is 0.178. The summed E-state index contributed by atoms with van der Waals surface area (Å²) >= 11 is 0. The zero-order chi connectivity index (χ0) is 15.0. The summed E-state index contributed by atoms with van der Waals surface area (Å²) in [5.41, 5.74) is -0.530. The minimum Gasteiger partial charge on any atom is -0.385 e. The van der Waals surface area contributed by atoms with Crippen LogP contribution in [0.3, 0.4) is 0 Å². The zero-order valence-corrected chi connectivity index (χ0v) is 11.5. The fraction of sp³-hybridized carbons (Fsp3) is 0.500. The van der Waals surface area contributed by atoms with E-state index in [0.717, 1.165) is 4.57 Å². The third-order valence-corrected chi connectivity index (χ3v) is 3.20. The number of hydrogen-bond donors (Lipinski definition) is 1. The highest BCUT2D eigenvalue weighted by Crippen LogP contribution is 2.17. The fourth-order valence-electron chi connectivity index (χ4n) is 2.17. The third kappa shape index (κ3) is 1.92. The molecule has 0 saturated heterocycles. The predicted molar refractivity (Wildman–Crippen MR) is 71.1 cm³/mol. The van der Waals surface area contributed by atoms with Gasteiger partial charge in [-0.25, -0.2) is 9.78 Å². The summed E-state index contributed by atoms with van der Waals surface area (Å²) in [6, 6.07) is 1.99. The molecule has 2 heterocycles. The van der Waals surface area contributed by atoms with E-state index in [9.17, 15) is 14.7 Å². The van der Waals surface area contributed by atoms with Crippen molar-refractivity contribution in [2.24, 2.45) is 14.1 Å². The van der Waals surface area contributed by atoms with Crippen molar-refractivity contribution in [3.05, 3.63) is 26.7 Å². The second-order valence-corrected chi connectivity index (χ2v) is 4.58. The standard InChI is InChI=1S/C12H15N5O3/c1-7(18)9-14-10-8(17(9)6-4-5-13)11(19)16(3)12(20)15(10)2/h7,18H,4,6H2,1-3H3/t7-/m1/s1. The lowest BCUT2D eigenvalue weighted by atomic mass is 10.3. The number of nitrogens with zero attached hydrogens (tertiary/aromatic N) is 5. The van der Waals surface area contributed by atoms with Crippen LogP contribution in [0.2, 0.25) is 0 Å². The lowest BCUT2D eigenvalue weighted by Crippen LogP contribution is -2.37. The highest BCUT2D eigenvalue weighted by molar-refractivity contribution is 5.71. The van der Waals surface area contributed by atoms with Gasteiger partial charge in [-0.3, -0.25) is 13.9 Å². The fourth-order valence-corrected chi connectivity index (χ4v) is 2.17. The van der Waals surface area contributed by atoms with E-state index in [1.165, 1.54) is 30.2 Å². The van der Waals surface area contributed by atoms with Crippen molar-refractivity contribution in [2.45, 2.75) is 26.0 Å². The van der Waals surface area contributed by atoms with Crippen LogP contribution in [0.15, 0.2) is 9.59 Å². The number of imidazole rings is 1. The quantitative estimate of drug-likeness (QED) is 0.806. The van der Waals surface area contributed by atoms with Crippen molar-refractivity contribution in [2.75, 3.05) is 0 Å². The Bertz CT molecular complexity index is 819. The first kappa shape index (κ1) is 14.0. The van der Waals surface area contributed by atoms with E-state index in [1.807, 2.05) is 6.07 Å². The monoisotopic (exact) mass is 277 g/mol. The van der Waals surface area contributed by atoms with Gasteiger partial charge in [-0.05, 0) is 6.92 Å². The number of rotatable bonds is 3. The maximum Gasteiger partial charge on any atom is 0.332 e. The van der Waals surface area contributed by atoms with Crippen LogP contribution in [0, 0.1) is 11.3 Å². The van der Waals surface area contributed by atoms with E-state index < -0.39 is 17.4 Å². The molecule has 2 rings (SSSR count). The van der Waals surface area contributed by atoms with Gasteiger partial charge in [0.2, 0.25) is 0 Å². The Labute approximate surface area is 114 Å². The molecule has 0 amide bonds. The molecule has 0 aliphatic heterocycles. The lowest BCUT2D eigenvalue weighted by molar-refractivity contribution is 0.184. The molecule has 0 aliphatic carbocycles. The Morgan fingerprint density at radius 3 is 2.55 bits per heavy atom. The maximum absolute atomic E-state index is 12.2. The number of aryl methyl sites for hydroxylation is 2. The third-order valence-electron chi connectivity index (χ3n) is 3.20. The molecular weight excluding hydrogens is 262 g/mol. The van der Waals surface area contributed by atoms with Crippen LogP contribution in [0.5, 0.6) is 0 Å². The Kier molecular flexibility index (Phi) is 3.46. The highest BCUT2D eigenvalue weighted by atomic mass is 16.3. The van der Waals surface area contributed by atoms with E-state index >= 15 is 0 Å². The van der Waals surface area contributed by atoms with E-state index in [-0.39, 0.29) is 30.0 Å². The number of aliphatic hydroxyl groups is 1. The molecule has 1 N–H and O–H groups in total. The first-order chi connectivity index (χ1) is 9.40. The summed E-state index contributed by atoms with van der Waals surface area (Å²) in [7, 11) is 2.89. The topological polar surface area (TPSA) is 106 Å². The van der Waals surface area contributed by atoms with Crippen molar-refractivity contribution in [3.63, 3.8) is 0 Å². The Balaban J connectivity index is 2.94. The average Bonchev–Trinajstić information content (AvgIpc) is 2.80. The molecule has 0 fully saturated rings. The summed E-state index contributed by atoms with van der Waals surface area (Å²) in [6.45, 7) is 1.76. The van der Waals surface area contributed by atoms with Gasteiger partial charge in [-0.2, -0.15) is 5.26 Å². The lowest BCUT2D eigenvalue weighted by Gasteiger charge is -2.08. The molecule has 0 bridgehead atoms. The van der Waals surface area contributed by atoms with E-state index in [0.29, 0.717) is 0 Å². The normalized spacial score (nSPS) is 12.6. The molecule has 106 valence electrons. The second-order valence-electron chi connectivity index (χ2n) is 4.58. The van der Waals surface area contributed by atoms with E-state index in [1.54, 1.807) is 0 Å². The van der Waals surface area contributed by atoms with Crippen LogP contribution >= 0.6 is 0 Å². The van der Waals surface area contributed by atoms with Crippen LogP contribution in [0.4, 0.5) is 0 Å². The number of fused-ring (bicyclic) bond motifs is 1. The number of aromatic nitrogens is 4. The smallest absolute Gasteiger partial charge is 0.332 e. The van der Waals surface area contributed by atoms with Gasteiger partial charge in [0, 0.05) is 20.6 Å². The van der Waals surface area contributed by atoms with E-state index in [4.69, 9.17) is 5.26 Å². The van der Waals surface area contributed by atoms with Gasteiger partial charge in [0.25, 0.3) is 5.56 Å². The average molecular weight is 277 g/mol. The second kappa shape index (κ2) is 4.94. The summed E-state index contributed by atoms with van der Waals surface area (Å²) in [5.74, 6) is 0.272. The summed E-state index contributed by atoms with van der Waals surface area (Å²) in [6.07, 6.45) is -0.724. The van der Waals surface area contributed by atoms with Crippen molar-refractivity contribution >= 4 is 11.2 Å². The molecule has 8 heteroatoms. The van der Waals surface area contributed by atoms with Crippen molar-refractivity contribution in [1.82, 2.24) is 18.7 Å². The first-order valence-electron chi connectivity index (χ1n) is 6.11. The van der Waals surface area contributed by atoms with Gasteiger partial charge in [0.15, 0.2) is 11.2 Å². The van der Waals surface area contributed by atoms with Crippen LogP contribution in [-0.4, -0.2) is 23.8 Å². The molecule has 0 saturated carbocycles. The van der Waals surface area contributed by atoms with Gasteiger partial charge in [-0.1, -0.05) is 0 Å². The molecule has 0 unspecified atom stereocenters. The van der Waals surface area contributed by atoms with Gasteiger partial charge >= 0.3 is 5.69 Å². The van der Waals surface area contributed by atoms with E-state index in [2.05, 4.69) is 4.98 Å². The SMILES string of the molecule is C[C@@H](O)c1nc2c(c(=O)n(C)c(=O)n2C)n1CCC#N. The van der Waals surface area contributed by atoms with Crippen molar-refractivity contribution in [1.29, 1.82) is 5.26 Å². The summed E-state index contributed by atoms with van der Waals surface area (Å²) in [4.78, 5) is 28.3. The number of nitriles is 1. The summed E-state index contributed by atoms with van der Waals surface area (Å²) in [5, 5.41) is 18.5. The van der Waals surface area contributed by atoms with Crippen LogP contribution < -0.4 is 11.2 Å². The molecule has 0 aliphatic rings. The molecule has 0 spiro atoms. The molecule has 20 heavy (non-hydrogen) atoms. The molecule has 0 aromatic carbocycles. The first-order valence-corrected chi connectivity index (χ1v) is 6.11. The highest BCUT2D eigenvalue weighted by Gasteiger charge is 2.20. The maximum atomic E-state index is 12.2. The van der Waals surface area contributed by atoms with Gasteiger partial charge in [-0.15, -0.1) is 0 Å². The Morgan fingerprint density at radius 1 is 1.35 bits per heavy atom. The predicted octanol–water partition coefficient (Wildman–Crippen LogP) is -0.599. The largest absolute Gasteiger partial charge is 0.385 e. The summed E-state index contributed by atoms with van der Waals surface area (Å²) < 4.78 is 3.75. The molecular formula is C12H15N5O3. The molecule has 8 nitrogen and oxygen atoms in total. The minimum atomic E-state index is -0.902. The number of aliphatic hydroxyl groups excluding tert-OH is 1. The Hall–Kier alpha value is -2.40. The Morgan fingerprint density at radius 2 is 2.00 bits per heavy atom. The van der Waals surface area contributed by atoms with Crippen LogP contribution in [0.1, 0.15) is 25.3 Å².